The van der Waals surface area contributed by atoms with E-state index in [1.807, 2.05) is 0 Å². The third-order valence-electron chi connectivity index (χ3n) is 3.50. The standard InChI is InChI=1S/C14H22N4O2/c1-3-8-18-9-5-11(6-10-18)16-12-4-7-15-13(17-12)14(19)20-2/h4,7,11H,3,5-6,8-10H2,1-2H3,(H,15,16,17). The number of rotatable bonds is 5. The van der Waals surface area contributed by atoms with Crippen molar-refractivity contribution < 1.29 is 9.53 Å². The maximum atomic E-state index is 11.4. The van der Waals surface area contributed by atoms with Crippen LogP contribution in [-0.2, 0) is 4.74 Å². The number of piperidine rings is 1. The molecule has 6 nitrogen and oxygen atoms in total. The Morgan fingerprint density at radius 1 is 1.50 bits per heavy atom. The Kier molecular flexibility index (Phi) is 5.29. The highest BCUT2D eigenvalue weighted by Crippen LogP contribution is 2.15. The van der Waals surface area contributed by atoms with Gasteiger partial charge in [0.1, 0.15) is 5.82 Å². The van der Waals surface area contributed by atoms with Gasteiger partial charge in [-0.1, -0.05) is 6.92 Å². The first-order valence-electron chi connectivity index (χ1n) is 7.13. The van der Waals surface area contributed by atoms with E-state index >= 15 is 0 Å². The van der Waals surface area contributed by atoms with Gasteiger partial charge in [-0.25, -0.2) is 14.8 Å². The minimum Gasteiger partial charge on any atom is -0.463 e. The number of aromatic nitrogens is 2. The average molecular weight is 278 g/mol. The molecule has 2 rings (SSSR count). The second-order valence-electron chi connectivity index (χ2n) is 5.02. The third kappa shape index (κ3) is 3.90. The van der Waals surface area contributed by atoms with Gasteiger partial charge in [-0.15, -0.1) is 0 Å². The van der Waals surface area contributed by atoms with E-state index in [2.05, 4.69) is 31.8 Å². The Hall–Kier alpha value is -1.69. The van der Waals surface area contributed by atoms with Gasteiger partial charge in [-0.2, -0.15) is 0 Å². The molecule has 110 valence electrons. The van der Waals surface area contributed by atoms with Crippen LogP contribution in [0.2, 0.25) is 0 Å². The molecule has 0 unspecified atom stereocenters. The molecule has 6 heteroatoms. The van der Waals surface area contributed by atoms with Gasteiger partial charge < -0.3 is 15.0 Å². The molecule has 1 fully saturated rings. The van der Waals surface area contributed by atoms with Crippen molar-refractivity contribution in [2.45, 2.75) is 32.2 Å². The van der Waals surface area contributed by atoms with Gasteiger partial charge in [0.2, 0.25) is 5.82 Å². The minimum absolute atomic E-state index is 0.0981. The van der Waals surface area contributed by atoms with Crippen LogP contribution < -0.4 is 5.32 Å². The van der Waals surface area contributed by atoms with Crippen LogP contribution in [0.4, 0.5) is 5.82 Å². The van der Waals surface area contributed by atoms with Crippen molar-refractivity contribution in [1.82, 2.24) is 14.9 Å². The maximum Gasteiger partial charge on any atom is 0.376 e. The van der Waals surface area contributed by atoms with Crippen LogP contribution in [0.3, 0.4) is 0 Å². The monoisotopic (exact) mass is 278 g/mol. The number of carbonyl (C=O) groups is 1. The molecule has 0 aromatic carbocycles. The number of methoxy groups -OCH3 is 1. The molecule has 0 saturated carbocycles. The Morgan fingerprint density at radius 3 is 2.90 bits per heavy atom. The predicted octanol–water partition coefficient (Wildman–Crippen LogP) is 1.55. The molecule has 1 aromatic heterocycles. The molecular formula is C14H22N4O2. The number of nitrogens with one attached hydrogen (secondary N) is 1. The predicted molar refractivity (Wildman–Crippen MR) is 76.7 cm³/mol. The highest BCUT2D eigenvalue weighted by atomic mass is 16.5. The second kappa shape index (κ2) is 7.19. The number of hydrogen-bond donors (Lipinski definition) is 1. The van der Waals surface area contributed by atoms with Crippen molar-refractivity contribution in [2.75, 3.05) is 32.1 Å². The summed E-state index contributed by atoms with van der Waals surface area (Å²) in [6.45, 7) is 5.60. The first kappa shape index (κ1) is 14.7. The molecule has 0 bridgehead atoms. The number of nitrogens with zero attached hydrogens (tertiary/aromatic N) is 3. The summed E-state index contributed by atoms with van der Waals surface area (Å²) in [5.74, 6) is 0.279. The summed E-state index contributed by atoms with van der Waals surface area (Å²) >= 11 is 0. The van der Waals surface area contributed by atoms with Crippen molar-refractivity contribution in [2.24, 2.45) is 0 Å². The summed E-state index contributed by atoms with van der Waals surface area (Å²) in [5, 5.41) is 3.38. The molecule has 0 radical (unpaired) electrons. The van der Waals surface area contributed by atoms with Gasteiger partial charge in [0.25, 0.3) is 0 Å². The number of carbonyl (C=O) groups excluding carboxylic acids is 1. The Balaban J connectivity index is 1.89. The van der Waals surface area contributed by atoms with Crippen LogP contribution in [0.1, 0.15) is 36.8 Å². The number of hydrogen-bond acceptors (Lipinski definition) is 6. The van der Waals surface area contributed by atoms with Crippen molar-refractivity contribution in [1.29, 1.82) is 0 Å². The summed E-state index contributed by atoms with van der Waals surface area (Å²) in [7, 11) is 1.33. The summed E-state index contributed by atoms with van der Waals surface area (Å²) in [6.07, 6.45) is 4.97. The average Bonchev–Trinajstić information content (AvgIpc) is 2.49. The lowest BCUT2D eigenvalue weighted by Gasteiger charge is -2.32. The van der Waals surface area contributed by atoms with Gasteiger partial charge >= 0.3 is 5.97 Å². The Morgan fingerprint density at radius 2 is 2.25 bits per heavy atom. The fourth-order valence-corrected chi connectivity index (χ4v) is 2.45. The molecule has 1 aliphatic heterocycles. The zero-order valence-corrected chi connectivity index (χ0v) is 12.1. The molecule has 1 N–H and O–H groups in total. The maximum absolute atomic E-state index is 11.4. The quantitative estimate of drug-likeness (QED) is 0.824. The SMILES string of the molecule is CCCN1CCC(Nc2ccnc(C(=O)OC)n2)CC1. The number of ether oxygens (including phenoxy) is 1. The fourth-order valence-electron chi connectivity index (χ4n) is 2.45. The molecule has 1 aromatic rings. The summed E-state index contributed by atoms with van der Waals surface area (Å²) in [5.41, 5.74) is 0. The summed E-state index contributed by atoms with van der Waals surface area (Å²) < 4.78 is 4.62. The summed E-state index contributed by atoms with van der Waals surface area (Å²) in [4.78, 5) is 22.0. The van der Waals surface area contributed by atoms with Gasteiger partial charge in [-0.3, -0.25) is 0 Å². The van der Waals surface area contributed by atoms with Crippen LogP contribution >= 0.6 is 0 Å². The van der Waals surface area contributed by atoms with Crippen molar-refractivity contribution in [3.8, 4) is 0 Å². The fraction of sp³-hybridized carbons (Fsp3) is 0.643. The number of anilines is 1. The lowest BCUT2D eigenvalue weighted by molar-refractivity contribution is 0.0587. The van der Waals surface area contributed by atoms with E-state index in [1.165, 1.54) is 20.1 Å². The van der Waals surface area contributed by atoms with E-state index in [0.717, 1.165) is 25.9 Å². The largest absolute Gasteiger partial charge is 0.463 e. The molecule has 0 aliphatic carbocycles. The van der Waals surface area contributed by atoms with E-state index in [9.17, 15) is 4.79 Å². The molecule has 1 aliphatic rings. The molecule has 0 atom stereocenters. The molecule has 1 saturated heterocycles. The van der Waals surface area contributed by atoms with Crippen molar-refractivity contribution in [3.63, 3.8) is 0 Å². The van der Waals surface area contributed by atoms with Crippen LogP contribution in [0.15, 0.2) is 12.3 Å². The molecule has 2 heterocycles. The number of esters is 1. The highest BCUT2D eigenvalue weighted by molar-refractivity contribution is 5.85. The topological polar surface area (TPSA) is 67.4 Å². The highest BCUT2D eigenvalue weighted by Gasteiger charge is 2.19. The number of likely N-dealkylation sites (tertiary alicyclic amines) is 1. The zero-order chi connectivity index (χ0) is 14.4. The Bertz CT molecular complexity index is 445. The van der Waals surface area contributed by atoms with Gasteiger partial charge in [0.05, 0.1) is 7.11 Å². The van der Waals surface area contributed by atoms with Crippen LogP contribution in [0.5, 0.6) is 0 Å². The van der Waals surface area contributed by atoms with Crippen LogP contribution in [0.25, 0.3) is 0 Å². The molecule has 20 heavy (non-hydrogen) atoms. The van der Waals surface area contributed by atoms with E-state index in [-0.39, 0.29) is 5.82 Å². The lowest BCUT2D eigenvalue weighted by atomic mass is 10.0. The Labute approximate surface area is 119 Å². The first-order valence-corrected chi connectivity index (χ1v) is 7.13. The van der Waals surface area contributed by atoms with Crippen molar-refractivity contribution >= 4 is 11.8 Å². The zero-order valence-electron chi connectivity index (χ0n) is 12.1. The molecule has 0 spiro atoms. The van der Waals surface area contributed by atoms with Gasteiger partial charge in [0, 0.05) is 25.3 Å². The van der Waals surface area contributed by atoms with E-state index < -0.39 is 5.97 Å². The van der Waals surface area contributed by atoms with E-state index in [1.54, 1.807) is 12.3 Å². The smallest absolute Gasteiger partial charge is 0.376 e. The van der Waals surface area contributed by atoms with E-state index in [4.69, 9.17) is 0 Å². The lowest BCUT2D eigenvalue weighted by Crippen LogP contribution is -2.39. The van der Waals surface area contributed by atoms with Crippen molar-refractivity contribution in [3.05, 3.63) is 18.1 Å². The van der Waals surface area contributed by atoms with Crippen LogP contribution in [0, 0.1) is 0 Å². The van der Waals surface area contributed by atoms with E-state index in [0.29, 0.717) is 11.9 Å². The molecule has 0 amide bonds. The van der Waals surface area contributed by atoms with Gasteiger partial charge in [0.15, 0.2) is 0 Å². The molecular weight excluding hydrogens is 256 g/mol. The first-order chi connectivity index (χ1) is 9.72. The second-order valence-corrected chi connectivity index (χ2v) is 5.02. The van der Waals surface area contributed by atoms with Crippen LogP contribution in [-0.4, -0.2) is 53.6 Å². The van der Waals surface area contributed by atoms with Gasteiger partial charge in [-0.05, 0) is 31.9 Å². The third-order valence-corrected chi connectivity index (χ3v) is 3.50. The normalized spacial score (nSPS) is 16.9. The minimum atomic E-state index is -0.508. The summed E-state index contributed by atoms with van der Waals surface area (Å²) in [6, 6.07) is 2.19.